The van der Waals surface area contributed by atoms with Gasteiger partial charge in [-0.3, -0.25) is 0 Å². The van der Waals surface area contributed by atoms with Crippen molar-refractivity contribution in [2.24, 2.45) is 11.3 Å². The Balaban J connectivity index is 2.42. The van der Waals surface area contributed by atoms with Gasteiger partial charge in [-0.05, 0) is 38.1 Å². The van der Waals surface area contributed by atoms with Crippen LogP contribution in [-0.4, -0.2) is 36.2 Å². The summed E-state index contributed by atoms with van der Waals surface area (Å²) in [6.45, 7) is 10.5. The van der Waals surface area contributed by atoms with Gasteiger partial charge in [-0.25, -0.2) is 0 Å². The van der Waals surface area contributed by atoms with Crippen LogP contribution in [0.3, 0.4) is 0 Å². The number of nitrogens with zero attached hydrogens (tertiary/aromatic N) is 1. The Labute approximate surface area is 101 Å². The molecule has 96 valence electrons. The average molecular weight is 227 g/mol. The molecule has 1 atom stereocenters. The van der Waals surface area contributed by atoms with E-state index in [1.807, 2.05) is 0 Å². The van der Waals surface area contributed by atoms with Crippen LogP contribution in [-0.2, 0) is 0 Å². The van der Waals surface area contributed by atoms with Crippen molar-refractivity contribution in [3.63, 3.8) is 0 Å². The number of aliphatic hydroxyl groups excluding tert-OH is 1. The molecule has 1 saturated carbocycles. The molecule has 0 spiro atoms. The van der Waals surface area contributed by atoms with Gasteiger partial charge in [0.1, 0.15) is 0 Å². The standard InChI is InChI=1S/C14H29NO/c1-4-8-14(3,12-16)11-15(9-5-2)10-13-6-7-13/h13,16H,4-12H2,1-3H3. The van der Waals surface area contributed by atoms with Crippen molar-refractivity contribution < 1.29 is 5.11 Å². The molecule has 0 aromatic heterocycles. The van der Waals surface area contributed by atoms with E-state index in [1.54, 1.807) is 0 Å². The van der Waals surface area contributed by atoms with Crippen LogP contribution in [0.4, 0.5) is 0 Å². The highest BCUT2D eigenvalue weighted by atomic mass is 16.3. The molecule has 1 aliphatic carbocycles. The zero-order valence-corrected chi connectivity index (χ0v) is 11.3. The second kappa shape index (κ2) is 6.61. The van der Waals surface area contributed by atoms with Crippen LogP contribution in [0.1, 0.15) is 52.9 Å². The van der Waals surface area contributed by atoms with Gasteiger partial charge in [0.2, 0.25) is 0 Å². The van der Waals surface area contributed by atoms with E-state index >= 15 is 0 Å². The van der Waals surface area contributed by atoms with Gasteiger partial charge in [-0.2, -0.15) is 0 Å². The fourth-order valence-corrected chi connectivity index (χ4v) is 2.57. The summed E-state index contributed by atoms with van der Waals surface area (Å²) in [5.41, 5.74) is 0.110. The van der Waals surface area contributed by atoms with Crippen molar-refractivity contribution in [1.29, 1.82) is 0 Å². The molecule has 0 heterocycles. The van der Waals surface area contributed by atoms with E-state index < -0.39 is 0 Å². The summed E-state index contributed by atoms with van der Waals surface area (Å²) < 4.78 is 0. The van der Waals surface area contributed by atoms with Crippen LogP contribution < -0.4 is 0 Å². The van der Waals surface area contributed by atoms with Crippen molar-refractivity contribution >= 4 is 0 Å². The van der Waals surface area contributed by atoms with Crippen LogP contribution >= 0.6 is 0 Å². The molecule has 1 N–H and O–H groups in total. The van der Waals surface area contributed by atoms with Gasteiger partial charge >= 0.3 is 0 Å². The van der Waals surface area contributed by atoms with Gasteiger partial charge < -0.3 is 10.0 Å². The Kier molecular flexibility index (Phi) is 5.77. The quantitative estimate of drug-likeness (QED) is 0.654. The van der Waals surface area contributed by atoms with E-state index in [0.717, 1.165) is 18.9 Å². The molecule has 16 heavy (non-hydrogen) atoms. The van der Waals surface area contributed by atoms with Crippen LogP contribution in [0.2, 0.25) is 0 Å². The zero-order chi connectivity index (χ0) is 12.0. The van der Waals surface area contributed by atoms with Crippen LogP contribution in [0.15, 0.2) is 0 Å². The lowest BCUT2D eigenvalue weighted by molar-refractivity contribution is 0.0775. The second-order valence-electron chi connectivity index (χ2n) is 5.90. The summed E-state index contributed by atoms with van der Waals surface area (Å²) in [4.78, 5) is 2.57. The Morgan fingerprint density at radius 3 is 2.38 bits per heavy atom. The van der Waals surface area contributed by atoms with Crippen LogP contribution in [0, 0.1) is 11.3 Å². The van der Waals surface area contributed by atoms with E-state index in [-0.39, 0.29) is 5.41 Å². The first-order chi connectivity index (χ1) is 7.63. The fraction of sp³-hybridized carbons (Fsp3) is 1.00. The lowest BCUT2D eigenvalue weighted by Crippen LogP contribution is -2.39. The zero-order valence-electron chi connectivity index (χ0n) is 11.3. The van der Waals surface area contributed by atoms with E-state index in [2.05, 4.69) is 25.7 Å². The number of hydrogen-bond donors (Lipinski definition) is 1. The first kappa shape index (κ1) is 14.0. The molecule has 0 aromatic rings. The fourth-order valence-electron chi connectivity index (χ4n) is 2.57. The Morgan fingerprint density at radius 1 is 1.25 bits per heavy atom. The summed E-state index contributed by atoms with van der Waals surface area (Å²) in [6, 6.07) is 0. The maximum absolute atomic E-state index is 9.56. The minimum atomic E-state index is 0.110. The lowest BCUT2D eigenvalue weighted by atomic mass is 9.86. The molecule has 1 fully saturated rings. The molecule has 2 nitrogen and oxygen atoms in total. The van der Waals surface area contributed by atoms with Crippen molar-refractivity contribution in [3.8, 4) is 0 Å². The summed E-state index contributed by atoms with van der Waals surface area (Å²) in [5.74, 6) is 0.955. The molecular weight excluding hydrogens is 198 g/mol. The Hall–Kier alpha value is -0.0800. The monoisotopic (exact) mass is 227 g/mol. The Morgan fingerprint density at radius 2 is 1.94 bits per heavy atom. The molecule has 1 unspecified atom stereocenters. The average Bonchev–Trinajstić information content (AvgIpc) is 3.02. The van der Waals surface area contributed by atoms with E-state index in [0.29, 0.717) is 6.61 Å². The summed E-state index contributed by atoms with van der Waals surface area (Å²) >= 11 is 0. The predicted molar refractivity (Wildman–Crippen MR) is 69.6 cm³/mol. The number of hydrogen-bond acceptors (Lipinski definition) is 2. The van der Waals surface area contributed by atoms with Crippen molar-refractivity contribution in [1.82, 2.24) is 4.90 Å². The van der Waals surface area contributed by atoms with Gasteiger partial charge in [0.05, 0.1) is 0 Å². The van der Waals surface area contributed by atoms with Gasteiger partial charge in [0.25, 0.3) is 0 Å². The lowest BCUT2D eigenvalue weighted by Gasteiger charge is -2.34. The van der Waals surface area contributed by atoms with Crippen LogP contribution in [0.25, 0.3) is 0 Å². The maximum atomic E-state index is 9.56. The third kappa shape index (κ3) is 4.84. The molecule has 0 radical (unpaired) electrons. The Bertz CT molecular complexity index is 191. The predicted octanol–water partition coefficient (Wildman–Crippen LogP) is 2.91. The third-order valence-corrected chi connectivity index (χ3v) is 3.59. The van der Waals surface area contributed by atoms with Gasteiger partial charge in [0, 0.05) is 25.1 Å². The van der Waals surface area contributed by atoms with E-state index in [4.69, 9.17) is 0 Å². The molecule has 0 amide bonds. The first-order valence-electron chi connectivity index (χ1n) is 6.96. The molecule has 0 aromatic carbocycles. The smallest absolute Gasteiger partial charge is 0.0497 e. The summed E-state index contributed by atoms with van der Waals surface area (Å²) in [7, 11) is 0. The molecule has 0 bridgehead atoms. The van der Waals surface area contributed by atoms with Gasteiger partial charge in [-0.15, -0.1) is 0 Å². The third-order valence-electron chi connectivity index (χ3n) is 3.59. The molecule has 1 aliphatic rings. The molecule has 1 rings (SSSR count). The molecule has 0 aliphatic heterocycles. The minimum absolute atomic E-state index is 0.110. The highest BCUT2D eigenvalue weighted by Crippen LogP contribution is 2.31. The minimum Gasteiger partial charge on any atom is -0.396 e. The molecule has 2 heteroatoms. The highest BCUT2D eigenvalue weighted by molar-refractivity contribution is 4.82. The van der Waals surface area contributed by atoms with E-state index in [9.17, 15) is 5.11 Å². The van der Waals surface area contributed by atoms with Crippen molar-refractivity contribution in [2.45, 2.75) is 52.9 Å². The normalized spacial score (nSPS) is 20.1. The number of aliphatic hydroxyl groups is 1. The molecule has 0 saturated heterocycles. The number of rotatable bonds is 9. The highest BCUT2D eigenvalue weighted by Gasteiger charge is 2.29. The molecular formula is C14H29NO. The topological polar surface area (TPSA) is 23.5 Å². The van der Waals surface area contributed by atoms with Crippen LogP contribution in [0.5, 0.6) is 0 Å². The summed E-state index contributed by atoms with van der Waals surface area (Å²) in [5, 5.41) is 9.56. The largest absolute Gasteiger partial charge is 0.396 e. The first-order valence-corrected chi connectivity index (χ1v) is 6.96. The second-order valence-corrected chi connectivity index (χ2v) is 5.90. The van der Waals surface area contributed by atoms with Crippen molar-refractivity contribution in [2.75, 3.05) is 26.2 Å². The SMILES string of the molecule is CCCN(CC1CC1)CC(C)(CO)CCC. The maximum Gasteiger partial charge on any atom is 0.0497 e. The van der Waals surface area contributed by atoms with Crippen molar-refractivity contribution in [3.05, 3.63) is 0 Å². The summed E-state index contributed by atoms with van der Waals surface area (Å²) in [6.07, 6.45) is 6.36. The van der Waals surface area contributed by atoms with Gasteiger partial charge in [-0.1, -0.05) is 27.2 Å². The van der Waals surface area contributed by atoms with Gasteiger partial charge in [0.15, 0.2) is 0 Å². The van der Waals surface area contributed by atoms with E-state index in [1.165, 1.54) is 38.8 Å².